The lowest BCUT2D eigenvalue weighted by Crippen LogP contribution is -2.59. The van der Waals surface area contributed by atoms with Gasteiger partial charge in [0, 0.05) is 13.1 Å². The smallest absolute Gasteiger partial charge is 0.410 e. The Hall–Kier alpha value is -1.26. The van der Waals surface area contributed by atoms with Gasteiger partial charge in [-0.3, -0.25) is 9.69 Å². The first-order valence-electron chi connectivity index (χ1n) is 9.62. The Balaban J connectivity index is 2.10. The fourth-order valence-corrected chi connectivity index (χ4v) is 2.79. The van der Waals surface area contributed by atoms with Crippen LogP contribution in [0.25, 0.3) is 0 Å². The van der Waals surface area contributed by atoms with E-state index in [0.717, 1.165) is 19.3 Å². The molecule has 0 aromatic rings. The van der Waals surface area contributed by atoms with E-state index >= 15 is 0 Å². The van der Waals surface area contributed by atoms with Crippen molar-refractivity contribution in [2.24, 2.45) is 0 Å². The molecule has 0 radical (unpaired) electrons. The third kappa shape index (κ3) is 8.02. The fraction of sp³-hybridized carbons (Fsp3) is 0.895. The summed E-state index contributed by atoms with van der Waals surface area (Å²) in [6, 6.07) is -0.353. The number of carbonyl (C=O) groups excluding carboxylic acids is 2. The second-order valence-electron chi connectivity index (χ2n) is 7.74. The Labute approximate surface area is 147 Å². The van der Waals surface area contributed by atoms with Crippen molar-refractivity contribution in [3.05, 3.63) is 0 Å². The SMILES string of the molecule is CCCCCCCCCCNC(=O)C1CCN1C(=O)OC(C)(C)C. The van der Waals surface area contributed by atoms with Crippen molar-refractivity contribution in [3.63, 3.8) is 0 Å². The molecule has 0 aromatic heterocycles. The second-order valence-corrected chi connectivity index (χ2v) is 7.74. The molecule has 1 aliphatic rings. The highest BCUT2D eigenvalue weighted by molar-refractivity contribution is 5.87. The molecule has 0 aliphatic carbocycles. The van der Waals surface area contributed by atoms with Crippen LogP contribution in [0.2, 0.25) is 0 Å². The average Bonchev–Trinajstić information content (AvgIpc) is 2.42. The number of rotatable bonds is 10. The Morgan fingerprint density at radius 1 is 1.04 bits per heavy atom. The standard InChI is InChI=1S/C19H36N2O3/c1-5-6-7-8-9-10-11-12-14-20-17(22)16-13-15-21(16)18(23)24-19(2,3)4/h16H,5-15H2,1-4H3,(H,20,22). The maximum Gasteiger partial charge on any atom is 0.410 e. The lowest BCUT2D eigenvalue weighted by atomic mass is 10.0. The van der Waals surface area contributed by atoms with E-state index in [4.69, 9.17) is 4.74 Å². The Morgan fingerprint density at radius 3 is 2.12 bits per heavy atom. The zero-order valence-electron chi connectivity index (χ0n) is 16.0. The molecular formula is C19H36N2O3. The fourth-order valence-electron chi connectivity index (χ4n) is 2.79. The van der Waals surface area contributed by atoms with Crippen LogP contribution in [0.4, 0.5) is 4.79 Å². The summed E-state index contributed by atoms with van der Waals surface area (Å²) in [7, 11) is 0. The molecule has 140 valence electrons. The van der Waals surface area contributed by atoms with Crippen LogP contribution in [0.5, 0.6) is 0 Å². The molecule has 1 saturated heterocycles. The van der Waals surface area contributed by atoms with Gasteiger partial charge in [-0.1, -0.05) is 51.9 Å². The van der Waals surface area contributed by atoms with Crippen molar-refractivity contribution in [1.82, 2.24) is 10.2 Å². The van der Waals surface area contributed by atoms with Crippen molar-refractivity contribution in [2.45, 2.75) is 97.1 Å². The second kappa shape index (κ2) is 10.6. The van der Waals surface area contributed by atoms with E-state index in [0.29, 0.717) is 13.1 Å². The lowest BCUT2D eigenvalue weighted by molar-refractivity contribution is -0.130. The molecule has 2 amide bonds. The van der Waals surface area contributed by atoms with Gasteiger partial charge in [-0.05, 0) is 33.6 Å². The van der Waals surface area contributed by atoms with Gasteiger partial charge in [0.1, 0.15) is 11.6 Å². The molecule has 1 N–H and O–H groups in total. The number of amides is 2. The van der Waals surface area contributed by atoms with E-state index in [1.165, 1.54) is 43.4 Å². The minimum absolute atomic E-state index is 0.0462. The molecule has 5 heteroatoms. The van der Waals surface area contributed by atoms with Crippen LogP contribution in [-0.2, 0) is 9.53 Å². The van der Waals surface area contributed by atoms with Crippen LogP contribution in [0.1, 0.15) is 85.5 Å². The number of likely N-dealkylation sites (tertiary alicyclic amines) is 1. The largest absolute Gasteiger partial charge is 0.444 e. The van der Waals surface area contributed by atoms with E-state index in [1.807, 2.05) is 20.8 Å². The van der Waals surface area contributed by atoms with Gasteiger partial charge in [0.2, 0.25) is 5.91 Å². The molecule has 1 fully saturated rings. The molecule has 0 spiro atoms. The minimum Gasteiger partial charge on any atom is -0.444 e. The summed E-state index contributed by atoms with van der Waals surface area (Å²) in [6.45, 7) is 9.04. The van der Waals surface area contributed by atoms with Crippen molar-refractivity contribution in [2.75, 3.05) is 13.1 Å². The number of ether oxygens (including phenoxy) is 1. The summed E-state index contributed by atoms with van der Waals surface area (Å²) in [5.41, 5.74) is -0.523. The molecule has 24 heavy (non-hydrogen) atoms. The zero-order chi connectivity index (χ0) is 18.0. The molecule has 0 aromatic carbocycles. The predicted octanol–water partition coefficient (Wildman–Crippen LogP) is 4.25. The van der Waals surface area contributed by atoms with Gasteiger partial charge in [0.25, 0.3) is 0 Å². The number of carbonyl (C=O) groups is 2. The van der Waals surface area contributed by atoms with Gasteiger partial charge in [0.05, 0.1) is 0 Å². The topological polar surface area (TPSA) is 58.6 Å². The monoisotopic (exact) mass is 340 g/mol. The van der Waals surface area contributed by atoms with Gasteiger partial charge in [-0.15, -0.1) is 0 Å². The molecule has 1 unspecified atom stereocenters. The van der Waals surface area contributed by atoms with Gasteiger partial charge < -0.3 is 10.1 Å². The molecule has 5 nitrogen and oxygen atoms in total. The van der Waals surface area contributed by atoms with Crippen molar-refractivity contribution in [3.8, 4) is 0 Å². The maximum atomic E-state index is 12.2. The summed E-state index contributed by atoms with van der Waals surface area (Å²) >= 11 is 0. The first-order valence-corrected chi connectivity index (χ1v) is 9.62. The molecule has 1 aliphatic heterocycles. The van der Waals surface area contributed by atoms with Gasteiger partial charge >= 0.3 is 6.09 Å². The highest BCUT2D eigenvalue weighted by Gasteiger charge is 2.39. The van der Waals surface area contributed by atoms with Crippen LogP contribution in [0.15, 0.2) is 0 Å². The average molecular weight is 341 g/mol. The van der Waals surface area contributed by atoms with Crippen LogP contribution < -0.4 is 5.32 Å². The van der Waals surface area contributed by atoms with E-state index in [9.17, 15) is 9.59 Å². The van der Waals surface area contributed by atoms with E-state index in [1.54, 1.807) is 0 Å². The summed E-state index contributed by atoms with van der Waals surface area (Å²) in [4.78, 5) is 25.7. The van der Waals surface area contributed by atoms with E-state index in [-0.39, 0.29) is 18.0 Å². The Kier molecular flexibility index (Phi) is 9.16. The molecule has 0 saturated carbocycles. The maximum absolute atomic E-state index is 12.2. The quantitative estimate of drug-likeness (QED) is 0.605. The molecule has 1 atom stereocenters. The Morgan fingerprint density at radius 2 is 1.62 bits per heavy atom. The highest BCUT2D eigenvalue weighted by Crippen LogP contribution is 2.21. The molecular weight excluding hydrogens is 304 g/mol. The van der Waals surface area contributed by atoms with Crippen LogP contribution in [-0.4, -0.2) is 41.6 Å². The number of unbranched alkanes of at least 4 members (excludes halogenated alkanes) is 7. The van der Waals surface area contributed by atoms with E-state index in [2.05, 4.69) is 12.2 Å². The number of nitrogens with zero attached hydrogens (tertiary/aromatic N) is 1. The summed E-state index contributed by atoms with van der Waals surface area (Å²) < 4.78 is 5.33. The van der Waals surface area contributed by atoms with Gasteiger partial charge in [-0.2, -0.15) is 0 Å². The number of nitrogens with one attached hydrogen (secondary N) is 1. The lowest BCUT2D eigenvalue weighted by Gasteiger charge is -2.40. The van der Waals surface area contributed by atoms with Crippen molar-refractivity contribution >= 4 is 12.0 Å². The summed E-state index contributed by atoms with van der Waals surface area (Å²) in [6.07, 6.45) is 10.3. The number of hydrogen-bond acceptors (Lipinski definition) is 3. The zero-order valence-corrected chi connectivity index (χ0v) is 16.0. The molecule has 1 rings (SSSR count). The summed E-state index contributed by atoms with van der Waals surface area (Å²) in [5, 5.41) is 2.96. The minimum atomic E-state index is -0.523. The predicted molar refractivity (Wildman–Crippen MR) is 97.0 cm³/mol. The normalized spacial score (nSPS) is 17.3. The Bertz CT molecular complexity index is 391. The van der Waals surface area contributed by atoms with Gasteiger partial charge in [0.15, 0.2) is 0 Å². The first kappa shape index (κ1) is 20.8. The number of hydrogen-bond donors (Lipinski definition) is 1. The summed E-state index contributed by atoms with van der Waals surface area (Å²) in [5.74, 6) is -0.0462. The van der Waals surface area contributed by atoms with Crippen LogP contribution in [0, 0.1) is 0 Å². The van der Waals surface area contributed by atoms with Gasteiger partial charge in [-0.25, -0.2) is 4.79 Å². The molecule has 1 heterocycles. The third-order valence-electron chi connectivity index (χ3n) is 4.28. The molecule has 0 bridgehead atoms. The van der Waals surface area contributed by atoms with Crippen LogP contribution >= 0.6 is 0 Å². The third-order valence-corrected chi connectivity index (χ3v) is 4.28. The van der Waals surface area contributed by atoms with Crippen molar-refractivity contribution < 1.29 is 14.3 Å². The van der Waals surface area contributed by atoms with Crippen molar-refractivity contribution in [1.29, 1.82) is 0 Å². The first-order chi connectivity index (χ1) is 11.3. The van der Waals surface area contributed by atoms with Crippen LogP contribution in [0.3, 0.4) is 0 Å². The van der Waals surface area contributed by atoms with E-state index < -0.39 is 5.60 Å². The highest BCUT2D eigenvalue weighted by atomic mass is 16.6.